The lowest BCUT2D eigenvalue weighted by atomic mass is 10.0. The molecule has 3 nitrogen and oxygen atoms in total. The quantitative estimate of drug-likeness (QED) is 0.703. The highest BCUT2D eigenvalue weighted by atomic mass is 32.1. The molecule has 0 spiro atoms. The monoisotopic (exact) mass is 257 g/mol. The van der Waals surface area contributed by atoms with Gasteiger partial charge >= 0.3 is 0 Å². The van der Waals surface area contributed by atoms with Gasteiger partial charge in [0, 0.05) is 21.9 Å². The molecule has 0 bridgehead atoms. The first-order valence-electron chi connectivity index (χ1n) is 5.57. The molecule has 0 atom stereocenters. The van der Waals surface area contributed by atoms with E-state index in [1.165, 1.54) is 0 Å². The van der Waals surface area contributed by atoms with Crippen LogP contribution in [0.15, 0.2) is 41.2 Å². The maximum atomic E-state index is 11.3. The van der Waals surface area contributed by atoms with E-state index in [1.54, 1.807) is 29.5 Å². The Morgan fingerprint density at radius 3 is 2.56 bits per heavy atom. The van der Waals surface area contributed by atoms with E-state index in [1.807, 2.05) is 25.1 Å². The van der Waals surface area contributed by atoms with E-state index in [0.717, 1.165) is 26.2 Å². The molecule has 0 aliphatic heterocycles. The predicted octanol–water partition coefficient (Wildman–Crippen LogP) is 3.27. The van der Waals surface area contributed by atoms with E-state index in [-0.39, 0.29) is 11.3 Å². The smallest absolute Gasteiger partial charge is 0.249 e. The third kappa shape index (κ3) is 1.71. The number of aryl methyl sites for hydroxylation is 1. The van der Waals surface area contributed by atoms with Crippen molar-refractivity contribution in [2.45, 2.75) is 6.92 Å². The van der Waals surface area contributed by atoms with E-state index in [0.29, 0.717) is 0 Å². The summed E-state index contributed by atoms with van der Waals surface area (Å²) in [5.41, 5.74) is 2.08. The lowest BCUT2D eigenvalue weighted by molar-refractivity contribution is 0.475. The van der Waals surface area contributed by atoms with Crippen molar-refractivity contribution < 1.29 is 5.11 Å². The molecule has 3 aromatic rings. The molecule has 2 heterocycles. The Kier molecular flexibility index (Phi) is 2.45. The molecule has 18 heavy (non-hydrogen) atoms. The van der Waals surface area contributed by atoms with Gasteiger partial charge < -0.3 is 10.1 Å². The Labute approximate surface area is 107 Å². The SMILES string of the molecule is Cc1sc2[nH]c(=O)ccc2c1-c1ccc(O)cc1. The van der Waals surface area contributed by atoms with Crippen LogP contribution in [0.3, 0.4) is 0 Å². The number of phenolic OH excluding ortho intramolecular Hbond substituents is 1. The predicted molar refractivity (Wildman–Crippen MR) is 74.3 cm³/mol. The summed E-state index contributed by atoms with van der Waals surface area (Å²) in [6.07, 6.45) is 0. The summed E-state index contributed by atoms with van der Waals surface area (Å²) in [6.45, 7) is 2.03. The van der Waals surface area contributed by atoms with Crippen molar-refractivity contribution in [1.82, 2.24) is 4.98 Å². The van der Waals surface area contributed by atoms with Crippen LogP contribution >= 0.6 is 11.3 Å². The van der Waals surface area contributed by atoms with Crippen molar-refractivity contribution in [3.8, 4) is 16.9 Å². The van der Waals surface area contributed by atoms with Gasteiger partial charge in [-0.2, -0.15) is 0 Å². The molecule has 0 aliphatic carbocycles. The standard InChI is InChI=1S/C14H11NO2S/c1-8-13(9-2-4-10(16)5-3-9)11-6-7-12(17)15-14(11)18-8/h2-7,16H,1H3,(H,15,17). The van der Waals surface area contributed by atoms with Crippen LogP contribution in [0.5, 0.6) is 5.75 Å². The van der Waals surface area contributed by atoms with E-state index < -0.39 is 0 Å². The van der Waals surface area contributed by atoms with Gasteiger partial charge in [0.1, 0.15) is 10.6 Å². The molecular formula is C14H11NO2S. The molecule has 1 aromatic carbocycles. The summed E-state index contributed by atoms with van der Waals surface area (Å²) in [4.78, 5) is 16.2. The second-order valence-electron chi connectivity index (χ2n) is 4.15. The van der Waals surface area contributed by atoms with Gasteiger partial charge in [0.05, 0.1) is 0 Å². The summed E-state index contributed by atoms with van der Waals surface area (Å²) in [5, 5.41) is 10.4. The Morgan fingerprint density at radius 1 is 1.11 bits per heavy atom. The lowest BCUT2D eigenvalue weighted by Gasteiger charge is -2.02. The van der Waals surface area contributed by atoms with Crippen LogP contribution in [0.2, 0.25) is 0 Å². The van der Waals surface area contributed by atoms with Crippen LogP contribution in [-0.2, 0) is 0 Å². The second kappa shape index (κ2) is 3.99. The Bertz CT molecular complexity index is 769. The minimum atomic E-state index is -0.0824. The van der Waals surface area contributed by atoms with Crippen LogP contribution in [0.1, 0.15) is 4.88 Å². The number of hydrogen-bond acceptors (Lipinski definition) is 3. The number of nitrogens with one attached hydrogen (secondary N) is 1. The molecule has 2 N–H and O–H groups in total. The molecule has 4 heteroatoms. The van der Waals surface area contributed by atoms with Gasteiger partial charge in [-0.15, -0.1) is 11.3 Å². The summed E-state index contributed by atoms with van der Waals surface area (Å²) >= 11 is 1.57. The molecule has 0 saturated carbocycles. The Hall–Kier alpha value is -2.07. The van der Waals surface area contributed by atoms with Crippen molar-refractivity contribution >= 4 is 21.6 Å². The zero-order valence-electron chi connectivity index (χ0n) is 9.73. The van der Waals surface area contributed by atoms with Crippen LogP contribution in [0.4, 0.5) is 0 Å². The first-order valence-corrected chi connectivity index (χ1v) is 6.38. The van der Waals surface area contributed by atoms with Crippen LogP contribution in [0.25, 0.3) is 21.3 Å². The van der Waals surface area contributed by atoms with Gasteiger partial charge in [-0.05, 0) is 30.7 Å². The molecule has 2 aromatic heterocycles. The maximum Gasteiger partial charge on any atom is 0.249 e. The molecule has 90 valence electrons. The third-order valence-corrected chi connectivity index (χ3v) is 3.95. The number of thiophene rings is 1. The average molecular weight is 257 g/mol. The number of pyridine rings is 1. The summed E-state index contributed by atoms with van der Waals surface area (Å²) in [5.74, 6) is 0.254. The first-order chi connectivity index (χ1) is 8.65. The summed E-state index contributed by atoms with van der Waals surface area (Å²) < 4.78 is 0. The highest BCUT2D eigenvalue weighted by Gasteiger charge is 2.11. The second-order valence-corrected chi connectivity index (χ2v) is 5.37. The van der Waals surface area contributed by atoms with Crippen LogP contribution in [-0.4, -0.2) is 10.1 Å². The van der Waals surface area contributed by atoms with Crippen LogP contribution in [0, 0.1) is 6.92 Å². The van der Waals surface area contributed by atoms with Crippen LogP contribution < -0.4 is 5.56 Å². The lowest BCUT2D eigenvalue weighted by Crippen LogP contribution is -2.00. The minimum absolute atomic E-state index is 0.0824. The van der Waals surface area contributed by atoms with E-state index >= 15 is 0 Å². The number of hydrogen-bond donors (Lipinski definition) is 2. The molecule has 0 unspecified atom stereocenters. The zero-order chi connectivity index (χ0) is 12.7. The van der Waals surface area contributed by atoms with Gasteiger partial charge in [0.25, 0.3) is 0 Å². The fourth-order valence-electron chi connectivity index (χ4n) is 2.11. The topological polar surface area (TPSA) is 53.1 Å². The number of aromatic nitrogens is 1. The molecule has 0 radical (unpaired) electrons. The van der Waals surface area contributed by atoms with Crippen molar-refractivity contribution in [1.29, 1.82) is 0 Å². The van der Waals surface area contributed by atoms with Crippen molar-refractivity contribution in [2.24, 2.45) is 0 Å². The van der Waals surface area contributed by atoms with E-state index in [2.05, 4.69) is 4.98 Å². The number of aromatic amines is 1. The highest BCUT2D eigenvalue weighted by molar-refractivity contribution is 7.19. The summed E-state index contributed by atoms with van der Waals surface area (Å²) in [7, 11) is 0. The number of aromatic hydroxyl groups is 1. The fourth-order valence-corrected chi connectivity index (χ4v) is 3.18. The minimum Gasteiger partial charge on any atom is -0.508 e. The Morgan fingerprint density at radius 2 is 1.83 bits per heavy atom. The van der Waals surface area contributed by atoms with Crippen molar-refractivity contribution in [2.75, 3.05) is 0 Å². The fraction of sp³-hybridized carbons (Fsp3) is 0.0714. The first kappa shape index (κ1) is 11.0. The van der Waals surface area contributed by atoms with E-state index in [4.69, 9.17) is 0 Å². The number of fused-ring (bicyclic) bond motifs is 1. The normalized spacial score (nSPS) is 10.9. The third-order valence-electron chi connectivity index (χ3n) is 2.92. The molecule has 3 rings (SSSR count). The summed E-state index contributed by atoms with van der Waals surface area (Å²) in [6, 6.07) is 10.5. The number of rotatable bonds is 1. The van der Waals surface area contributed by atoms with Crippen molar-refractivity contribution in [3.63, 3.8) is 0 Å². The number of H-pyrrole nitrogens is 1. The maximum absolute atomic E-state index is 11.3. The number of phenols is 1. The zero-order valence-corrected chi connectivity index (χ0v) is 10.5. The molecule has 0 saturated heterocycles. The van der Waals surface area contributed by atoms with Crippen molar-refractivity contribution in [3.05, 3.63) is 51.6 Å². The average Bonchev–Trinajstić information content (AvgIpc) is 2.65. The van der Waals surface area contributed by atoms with E-state index in [9.17, 15) is 9.90 Å². The van der Waals surface area contributed by atoms with Gasteiger partial charge in [-0.1, -0.05) is 12.1 Å². The molecule has 0 amide bonds. The largest absolute Gasteiger partial charge is 0.508 e. The van der Waals surface area contributed by atoms with Gasteiger partial charge in [-0.3, -0.25) is 4.79 Å². The molecule has 0 fully saturated rings. The number of benzene rings is 1. The Balaban J connectivity index is 2.31. The van der Waals surface area contributed by atoms with Gasteiger partial charge in [0.15, 0.2) is 0 Å². The highest BCUT2D eigenvalue weighted by Crippen LogP contribution is 2.37. The van der Waals surface area contributed by atoms with Gasteiger partial charge in [0.2, 0.25) is 5.56 Å². The molecular weight excluding hydrogens is 246 g/mol. The van der Waals surface area contributed by atoms with Gasteiger partial charge in [-0.25, -0.2) is 0 Å². The molecule has 0 aliphatic rings.